The van der Waals surface area contributed by atoms with Crippen molar-refractivity contribution < 1.29 is 24.1 Å². The lowest BCUT2D eigenvalue weighted by Gasteiger charge is -2.43. The number of phenolic OH excluding ortho intramolecular Hbond substituents is 1. The van der Waals surface area contributed by atoms with Crippen LogP contribution in [0.15, 0.2) is 42.5 Å². The summed E-state index contributed by atoms with van der Waals surface area (Å²) >= 11 is 6.01. The van der Waals surface area contributed by atoms with Gasteiger partial charge in [-0.25, -0.2) is 0 Å². The summed E-state index contributed by atoms with van der Waals surface area (Å²) in [6.07, 6.45) is 3.54. The van der Waals surface area contributed by atoms with Gasteiger partial charge in [-0.15, -0.1) is 0 Å². The standard InChI is InChI=1S/C26H33ClN2O5/c1-32-24-10-5-20(15-23(24)30)17-28-13-14-34-26(18-28,16-25(31)29-11-3-2-4-12-29)19-33-22-8-6-21(27)7-9-22/h5-10,15,30H,2-4,11-14,16-19H2,1H3/t26-/m1/s1. The number of amides is 1. The minimum absolute atomic E-state index is 0.114. The molecule has 2 heterocycles. The van der Waals surface area contributed by atoms with Crippen molar-refractivity contribution in [1.82, 2.24) is 9.80 Å². The molecule has 0 aliphatic carbocycles. The SMILES string of the molecule is COc1ccc(CN2CCO[C@](COc3ccc(Cl)cc3)(CC(=O)N3CCCCC3)C2)cc1O. The van der Waals surface area contributed by atoms with E-state index in [1.165, 1.54) is 13.5 Å². The summed E-state index contributed by atoms with van der Waals surface area (Å²) < 4.78 is 17.5. The molecule has 0 saturated carbocycles. The predicted molar refractivity (Wildman–Crippen MR) is 131 cm³/mol. The van der Waals surface area contributed by atoms with Crippen LogP contribution in [0.3, 0.4) is 0 Å². The molecule has 2 aromatic rings. The van der Waals surface area contributed by atoms with Crippen molar-refractivity contribution in [3.05, 3.63) is 53.1 Å². The van der Waals surface area contributed by atoms with Crippen LogP contribution in [0.4, 0.5) is 0 Å². The quantitative estimate of drug-likeness (QED) is 0.603. The fourth-order valence-corrected chi connectivity index (χ4v) is 4.80. The minimum atomic E-state index is -0.763. The molecule has 2 fully saturated rings. The van der Waals surface area contributed by atoms with E-state index in [0.717, 1.165) is 38.0 Å². The number of rotatable bonds is 8. The van der Waals surface area contributed by atoms with Gasteiger partial charge >= 0.3 is 0 Å². The lowest BCUT2D eigenvalue weighted by atomic mass is 9.95. The number of carbonyl (C=O) groups excluding carboxylic acids is 1. The van der Waals surface area contributed by atoms with E-state index < -0.39 is 5.60 Å². The molecule has 2 aliphatic heterocycles. The molecule has 1 atom stereocenters. The molecular weight excluding hydrogens is 456 g/mol. The summed E-state index contributed by atoms with van der Waals surface area (Å²) in [4.78, 5) is 17.4. The molecular formula is C26H33ClN2O5. The molecule has 34 heavy (non-hydrogen) atoms. The predicted octanol–water partition coefficient (Wildman–Crippen LogP) is 4.11. The Morgan fingerprint density at radius 1 is 1.12 bits per heavy atom. The highest BCUT2D eigenvalue weighted by Gasteiger charge is 2.41. The molecule has 0 bridgehead atoms. The second-order valence-corrected chi connectivity index (χ2v) is 9.55. The number of likely N-dealkylation sites (tertiary alicyclic amines) is 1. The normalized spacial score (nSPS) is 21.3. The van der Waals surface area contributed by atoms with Gasteiger partial charge in [0.2, 0.25) is 5.91 Å². The maximum atomic E-state index is 13.2. The molecule has 0 spiro atoms. The van der Waals surface area contributed by atoms with Gasteiger partial charge in [0.25, 0.3) is 0 Å². The molecule has 2 aromatic carbocycles. The lowest BCUT2D eigenvalue weighted by molar-refractivity contribution is -0.157. The number of benzene rings is 2. The van der Waals surface area contributed by atoms with Crippen LogP contribution in [0.25, 0.3) is 0 Å². The number of carbonyl (C=O) groups is 1. The average molecular weight is 489 g/mol. The van der Waals surface area contributed by atoms with Gasteiger partial charge in [-0.1, -0.05) is 17.7 Å². The van der Waals surface area contributed by atoms with Crippen molar-refractivity contribution in [3.63, 3.8) is 0 Å². The number of morpholine rings is 1. The molecule has 8 heteroatoms. The summed E-state index contributed by atoms with van der Waals surface area (Å²) in [6, 6.07) is 12.6. The van der Waals surface area contributed by atoms with Crippen LogP contribution in [0.1, 0.15) is 31.2 Å². The first-order valence-electron chi connectivity index (χ1n) is 11.8. The molecule has 0 aromatic heterocycles. The van der Waals surface area contributed by atoms with Crippen LogP contribution in [-0.4, -0.2) is 72.9 Å². The Labute approximate surface area is 206 Å². The molecule has 0 unspecified atom stereocenters. The maximum Gasteiger partial charge on any atom is 0.225 e. The summed E-state index contributed by atoms with van der Waals surface area (Å²) in [6.45, 7) is 4.28. The van der Waals surface area contributed by atoms with Crippen LogP contribution in [-0.2, 0) is 16.1 Å². The number of aromatic hydroxyl groups is 1. The van der Waals surface area contributed by atoms with Crippen molar-refractivity contribution in [2.75, 3.05) is 46.5 Å². The lowest BCUT2D eigenvalue weighted by Crippen LogP contribution is -2.57. The van der Waals surface area contributed by atoms with Crippen molar-refractivity contribution in [3.8, 4) is 17.2 Å². The van der Waals surface area contributed by atoms with Gasteiger partial charge in [-0.05, 0) is 61.2 Å². The Morgan fingerprint density at radius 2 is 1.88 bits per heavy atom. The number of ether oxygens (including phenoxy) is 3. The van der Waals surface area contributed by atoms with Gasteiger partial charge in [0.05, 0.1) is 20.1 Å². The average Bonchev–Trinajstić information content (AvgIpc) is 2.85. The number of piperidine rings is 1. The fraction of sp³-hybridized carbons (Fsp3) is 0.500. The Balaban J connectivity index is 1.48. The zero-order valence-electron chi connectivity index (χ0n) is 19.7. The largest absolute Gasteiger partial charge is 0.504 e. The number of nitrogens with zero attached hydrogens (tertiary/aromatic N) is 2. The molecule has 2 aliphatic rings. The Bertz CT molecular complexity index is 964. The van der Waals surface area contributed by atoms with Crippen LogP contribution < -0.4 is 9.47 Å². The van der Waals surface area contributed by atoms with Crippen molar-refractivity contribution in [2.45, 2.75) is 37.8 Å². The number of hydrogen-bond donors (Lipinski definition) is 1. The van der Waals surface area contributed by atoms with E-state index in [2.05, 4.69) is 4.90 Å². The molecule has 7 nitrogen and oxygen atoms in total. The third-order valence-electron chi connectivity index (χ3n) is 6.47. The Kier molecular flexibility index (Phi) is 8.19. The van der Waals surface area contributed by atoms with Crippen molar-refractivity contribution in [1.29, 1.82) is 0 Å². The molecule has 2 saturated heterocycles. The summed E-state index contributed by atoms with van der Waals surface area (Å²) in [5.41, 5.74) is 0.205. The summed E-state index contributed by atoms with van der Waals surface area (Å²) in [5, 5.41) is 10.8. The van der Waals surface area contributed by atoms with Gasteiger partial charge in [0, 0.05) is 37.7 Å². The van der Waals surface area contributed by atoms with Crippen LogP contribution in [0, 0.1) is 0 Å². The van der Waals surface area contributed by atoms with E-state index >= 15 is 0 Å². The maximum absolute atomic E-state index is 13.2. The monoisotopic (exact) mass is 488 g/mol. The first kappa shape index (κ1) is 24.6. The summed E-state index contributed by atoms with van der Waals surface area (Å²) in [7, 11) is 1.53. The van der Waals surface area contributed by atoms with Crippen LogP contribution in [0.5, 0.6) is 17.2 Å². The summed E-state index contributed by atoms with van der Waals surface area (Å²) in [5.74, 6) is 1.37. The third kappa shape index (κ3) is 6.34. The number of hydrogen-bond acceptors (Lipinski definition) is 6. The van der Waals surface area contributed by atoms with E-state index in [1.54, 1.807) is 24.3 Å². The van der Waals surface area contributed by atoms with Gasteiger partial charge < -0.3 is 24.2 Å². The van der Waals surface area contributed by atoms with E-state index in [4.69, 9.17) is 25.8 Å². The van der Waals surface area contributed by atoms with E-state index in [9.17, 15) is 9.90 Å². The minimum Gasteiger partial charge on any atom is -0.504 e. The van der Waals surface area contributed by atoms with E-state index in [1.807, 2.05) is 23.1 Å². The van der Waals surface area contributed by atoms with Crippen LogP contribution in [0.2, 0.25) is 5.02 Å². The van der Waals surface area contributed by atoms with E-state index in [-0.39, 0.29) is 24.7 Å². The second-order valence-electron chi connectivity index (χ2n) is 9.11. The number of phenols is 1. The third-order valence-corrected chi connectivity index (χ3v) is 6.73. The Hall–Kier alpha value is -2.48. The highest BCUT2D eigenvalue weighted by molar-refractivity contribution is 6.30. The molecule has 1 amide bonds. The fourth-order valence-electron chi connectivity index (χ4n) is 4.67. The van der Waals surface area contributed by atoms with Gasteiger partial charge in [-0.2, -0.15) is 0 Å². The first-order valence-corrected chi connectivity index (χ1v) is 12.2. The van der Waals surface area contributed by atoms with Gasteiger partial charge in [-0.3, -0.25) is 9.69 Å². The van der Waals surface area contributed by atoms with Crippen LogP contribution >= 0.6 is 11.6 Å². The first-order chi connectivity index (χ1) is 16.5. The molecule has 1 N–H and O–H groups in total. The smallest absolute Gasteiger partial charge is 0.225 e. The van der Waals surface area contributed by atoms with Crippen molar-refractivity contribution >= 4 is 17.5 Å². The highest BCUT2D eigenvalue weighted by atomic mass is 35.5. The zero-order valence-corrected chi connectivity index (χ0v) is 20.4. The molecule has 4 rings (SSSR count). The zero-order chi connectivity index (χ0) is 24.0. The molecule has 184 valence electrons. The second kappa shape index (κ2) is 11.3. The number of methoxy groups -OCH3 is 1. The molecule has 0 radical (unpaired) electrons. The topological polar surface area (TPSA) is 71.5 Å². The van der Waals surface area contributed by atoms with Gasteiger partial charge in [0.15, 0.2) is 11.5 Å². The Morgan fingerprint density at radius 3 is 2.59 bits per heavy atom. The van der Waals surface area contributed by atoms with Crippen molar-refractivity contribution in [2.24, 2.45) is 0 Å². The highest BCUT2D eigenvalue weighted by Crippen LogP contribution is 2.30. The van der Waals surface area contributed by atoms with E-state index in [0.29, 0.717) is 36.2 Å². The number of halogens is 1. The van der Waals surface area contributed by atoms with Gasteiger partial charge in [0.1, 0.15) is 18.0 Å².